The van der Waals surface area contributed by atoms with Crippen LogP contribution in [0.1, 0.15) is 36.0 Å². The number of carbonyl (C=O) groups is 1. The first-order valence-electron chi connectivity index (χ1n) is 7.17. The number of carboxylic acids is 1. The van der Waals surface area contributed by atoms with Gasteiger partial charge in [0.1, 0.15) is 0 Å². The van der Waals surface area contributed by atoms with Crippen LogP contribution in [0.15, 0.2) is 12.3 Å². The fourth-order valence-corrected chi connectivity index (χ4v) is 2.41. The Kier molecular flexibility index (Phi) is 3.48. The van der Waals surface area contributed by atoms with Crippen molar-refractivity contribution in [3.05, 3.63) is 27.9 Å². The van der Waals surface area contributed by atoms with Crippen molar-refractivity contribution in [2.75, 3.05) is 18.0 Å². The van der Waals surface area contributed by atoms with E-state index >= 15 is 0 Å². The van der Waals surface area contributed by atoms with E-state index in [1.165, 1.54) is 6.20 Å². The molecule has 2 aliphatic rings. The zero-order valence-corrected chi connectivity index (χ0v) is 11.6. The SMILES string of the molecule is O=C(O)c1cnc(N(CC2CC2)CC2CC2)c([N+](=O)[O-])c1. The van der Waals surface area contributed by atoms with Crippen LogP contribution in [0.5, 0.6) is 0 Å². The van der Waals surface area contributed by atoms with Gasteiger partial charge in [0.25, 0.3) is 0 Å². The van der Waals surface area contributed by atoms with Crippen molar-refractivity contribution in [2.24, 2.45) is 11.8 Å². The van der Waals surface area contributed by atoms with E-state index in [4.69, 9.17) is 5.11 Å². The molecule has 7 nitrogen and oxygen atoms in total. The summed E-state index contributed by atoms with van der Waals surface area (Å²) in [5.41, 5.74) is -0.362. The Morgan fingerprint density at radius 3 is 2.33 bits per heavy atom. The first-order valence-corrected chi connectivity index (χ1v) is 7.17. The Balaban J connectivity index is 1.91. The number of nitro groups is 1. The second kappa shape index (κ2) is 5.31. The van der Waals surface area contributed by atoms with E-state index in [9.17, 15) is 14.9 Å². The monoisotopic (exact) mass is 291 g/mol. The van der Waals surface area contributed by atoms with E-state index < -0.39 is 10.9 Å². The minimum absolute atomic E-state index is 0.150. The lowest BCUT2D eigenvalue weighted by molar-refractivity contribution is -0.384. The molecular weight excluding hydrogens is 274 g/mol. The first kappa shape index (κ1) is 13.8. The number of carboxylic acid groups (broad SMARTS) is 1. The van der Waals surface area contributed by atoms with Crippen LogP contribution >= 0.6 is 0 Å². The van der Waals surface area contributed by atoms with Crippen LogP contribution in [0.25, 0.3) is 0 Å². The second-order valence-corrected chi connectivity index (χ2v) is 5.92. The molecule has 21 heavy (non-hydrogen) atoms. The van der Waals surface area contributed by atoms with E-state index in [1.807, 2.05) is 4.90 Å². The van der Waals surface area contributed by atoms with E-state index in [-0.39, 0.29) is 11.3 Å². The lowest BCUT2D eigenvalue weighted by atomic mass is 10.2. The molecule has 3 rings (SSSR count). The molecule has 0 saturated heterocycles. The Morgan fingerprint density at radius 1 is 1.33 bits per heavy atom. The van der Waals surface area contributed by atoms with Crippen LogP contribution in [-0.2, 0) is 0 Å². The fraction of sp³-hybridized carbons (Fsp3) is 0.571. The third-order valence-corrected chi connectivity index (χ3v) is 3.94. The topological polar surface area (TPSA) is 96.6 Å². The molecular formula is C14H17N3O4. The molecule has 112 valence electrons. The number of rotatable bonds is 7. The van der Waals surface area contributed by atoms with Crippen LogP contribution in [0.2, 0.25) is 0 Å². The average Bonchev–Trinajstić information content (AvgIpc) is 3.32. The van der Waals surface area contributed by atoms with Crippen LogP contribution in [0.4, 0.5) is 11.5 Å². The number of aromatic nitrogens is 1. The highest BCUT2D eigenvalue weighted by Crippen LogP contribution is 2.37. The molecule has 1 aromatic rings. The van der Waals surface area contributed by atoms with Crippen LogP contribution in [0.3, 0.4) is 0 Å². The molecule has 2 fully saturated rings. The molecule has 2 aliphatic carbocycles. The van der Waals surface area contributed by atoms with Crippen molar-refractivity contribution in [3.8, 4) is 0 Å². The van der Waals surface area contributed by atoms with Gasteiger partial charge in [-0.2, -0.15) is 0 Å². The maximum absolute atomic E-state index is 11.2. The first-order chi connectivity index (χ1) is 10.0. The highest BCUT2D eigenvalue weighted by atomic mass is 16.6. The number of hydrogen-bond donors (Lipinski definition) is 1. The maximum Gasteiger partial charge on any atom is 0.337 e. The van der Waals surface area contributed by atoms with Gasteiger partial charge in [0.15, 0.2) is 0 Å². The third kappa shape index (κ3) is 3.29. The summed E-state index contributed by atoms with van der Waals surface area (Å²) in [7, 11) is 0. The van der Waals surface area contributed by atoms with Gasteiger partial charge in [-0.3, -0.25) is 10.1 Å². The van der Waals surface area contributed by atoms with Gasteiger partial charge in [-0.05, 0) is 37.5 Å². The molecule has 1 aromatic heterocycles. The zero-order chi connectivity index (χ0) is 15.0. The predicted molar refractivity (Wildman–Crippen MR) is 75.5 cm³/mol. The van der Waals surface area contributed by atoms with Gasteiger partial charge in [-0.25, -0.2) is 9.78 Å². The van der Waals surface area contributed by atoms with Crippen LogP contribution in [-0.4, -0.2) is 34.1 Å². The van der Waals surface area contributed by atoms with Gasteiger partial charge in [0, 0.05) is 25.4 Å². The van der Waals surface area contributed by atoms with Gasteiger partial charge < -0.3 is 10.0 Å². The zero-order valence-electron chi connectivity index (χ0n) is 11.6. The predicted octanol–water partition coefficient (Wildman–Crippen LogP) is 2.31. The van der Waals surface area contributed by atoms with E-state index in [0.717, 1.165) is 44.8 Å². The number of nitrogens with zero attached hydrogens (tertiary/aromatic N) is 3. The van der Waals surface area contributed by atoms with Gasteiger partial charge in [-0.1, -0.05) is 0 Å². The fourth-order valence-electron chi connectivity index (χ4n) is 2.41. The van der Waals surface area contributed by atoms with Gasteiger partial charge in [-0.15, -0.1) is 0 Å². The third-order valence-electron chi connectivity index (χ3n) is 3.94. The van der Waals surface area contributed by atoms with E-state index in [2.05, 4.69) is 4.98 Å². The minimum atomic E-state index is -1.20. The quantitative estimate of drug-likeness (QED) is 0.611. The molecule has 0 aliphatic heterocycles. The molecule has 0 spiro atoms. The standard InChI is InChI=1S/C14H17N3O4/c18-14(19)11-5-12(17(20)21)13(15-6-11)16(7-9-1-2-9)8-10-3-4-10/h5-6,9-10H,1-4,7-8H2,(H,18,19). The van der Waals surface area contributed by atoms with Gasteiger partial charge in [0.05, 0.1) is 10.5 Å². The molecule has 0 amide bonds. The Hall–Kier alpha value is -2.18. The van der Waals surface area contributed by atoms with Gasteiger partial charge in [0.2, 0.25) is 5.82 Å². The van der Waals surface area contributed by atoms with E-state index in [0.29, 0.717) is 17.7 Å². The summed E-state index contributed by atoms with van der Waals surface area (Å²) in [6.07, 6.45) is 5.83. The van der Waals surface area contributed by atoms with Crippen molar-refractivity contribution in [2.45, 2.75) is 25.7 Å². The summed E-state index contributed by atoms with van der Waals surface area (Å²) in [5.74, 6) is 0.283. The van der Waals surface area contributed by atoms with Crippen molar-refractivity contribution >= 4 is 17.5 Å². The molecule has 0 radical (unpaired) electrons. The van der Waals surface area contributed by atoms with Gasteiger partial charge >= 0.3 is 11.7 Å². The largest absolute Gasteiger partial charge is 0.478 e. The Bertz CT molecular complexity index is 568. The summed E-state index contributed by atoms with van der Waals surface area (Å²) in [6, 6.07) is 1.11. The highest BCUT2D eigenvalue weighted by molar-refractivity contribution is 5.88. The number of anilines is 1. The molecule has 0 bridgehead atoms. The Morgan fingerprint density at radius 2 is 1.90 bits per heavy atom. The summed E-state index contributed by atoms with van der Waals surface area (Å²) >= 11 is 0. The number of hydrogen-bond acceptors (Lipinski definition) is 5. The van der Waals surface area contributed by atoms with Crippen molar-refractivity contribution < 1.29 is 14.8 Å². The molecule has 1 heterocycles. The Labute approximate surface area is 121 Å². The highest BCUT2D eigenvalue weighted by Gasteiger charge is 2.33. The average molecular weight is 291 g/mol. The second-order valence-electron chi connectivity index (χ2n) is 5.92. The van der Waals surface area contributed by atoms with E-state index in [1.54, 1.807) is 0 Å². The molecule has 0 unspecified atom stereocenters. The number of pyridine rings is 1. The molecule has 7 heteroatoms. The summed E-state index contributed by atoms with van der Waals surface area (Å²) < 4.78 is 0. The van der Waals surface area contributed by atoms with Crippen molar-refractivity contribution in [3.63, 3.8) is 0 Å². The summed E-state index contributed by atoms with van der Waals surface area (Å²) in [4.78, 5) is 27.7. The van der Waals surface area contributed by atoms with Crippen LogP contribution in [0, 0.1) is 22.0 Å². The lowest BCUT2D eigenvalue weighted by Gasteiger charge is -2.23. The normalized spacial score (nSPS) is 17.5. The maximum atomic E-state index is 11.2. The molecule has 0 aromatic carbocycles. The summed E-state index contributed by atoms with van der Waals surface area (Å²) in [5, 5.41) is 20.2. The summed E-state index contributed by atoms with van der Waals surface area (Å²) in [6.45, 7) is 1.55. The van der Waals surface area contributed by atoms with Crippen LogP contribution < -0.4 is 4.90 Å². The smallest absolute Gasteiger partial charge is 0.337 e. The number of aromatic carboxylic acids is 1. The lowest BCUT2D eigenvalue weighted by Crippen LogP contribution is -2.29. The molecule has 0 atom stereocenters. The molecule has 2 saturated carbocycles. The molecule has 1 N–H and O–H groups in total. The van der Waals surface area contributed by atoms with Crippen molar-refractivity contribution in [1.82, 2.24) is 4.98 Å². The minimum Gasteiger partial charge on any atom is -0.478 e. The van der Waals surface area contributed by atoms with Crippen molar-refractivity contribution in [1.29, 1.82) is 0 Å².